The molecule has 1 saturated heterocycles. The lowest BCUT2D eigenvalue weighted by molar-refractivity contribution is -0.137. The normalized spacial score (nSPS) is 22.1. The Morgan fingerprint density at radius 1 is 1.53 bits per heavy atom. The molecule has 1 rings (SSSR count). The van der Waals surface area contributed by atoms with E-state index >= 15 is 0 Å². The molecular weight excluding hydrogens is 210 g/mol. The third-order valence-electron chi connectivity index (χ3n) is 2.94. The van der Waals surface area contributed by atoms with Crippen molar-refractivity contribution in [1.29, 1.82) is 0 Å². The van der Waals surface area contributed by atoms with Crippen molar-refractivity contribution in [3.8, 4) is 0 Å². The SMILES string of the molecule is CSCC1CCCN1CCCCC(=O)O. The summed E-state index contributed by atoms with van der Waals surface area (Å²) >= 11 is 1.91. The summed E-state index contributed by atoms with van der Waals surface area (Å²) in [6, 6.07) is 0.741. The highest BCUT2D eigenvalue weighted by Crippen LogP contribution is 2.20. The van der Waals surface area contributed by atoms with E-state index in [2.05, 4.69) is 11.2 Å². The Kier molecular flexibility index (Phi) is 6.10. The predicted molar refractivity (Wildman–Crippen MR) is 64.5 cm³/mol. The molecule has 0 aromatic carbocycles. The van der Waals surface area contributed by atoms with Gasteiger partial charge in [-0.3, -0.25) is 9.69 Å². The minimum absolute atomic E-state index is 0.320. The zero-order chi connectivity index (χ0) is 11.1. The molecule has 3 nitrogen and oxygen atoms in total. The van der Waals surface area contributed by atoms with Crippen molar-refractivity contribution < 1.29 is 9.90 Å². The molecule has 0 aromatic rings. The molecule has 1 fully saturated rings. The first-order chi connectivity index (χ1) is 7.24. The van der Waals surface area contributed by atoms with E-state index in [1.54, 1.807) is 0 Å². The Morgan fingerprint density at radius 3 is 3.00 bits per heavy atom. The molecule has 1 aliphatic rings. The number of carboxylic acid groups (broad SMARTS) is 1. The smallest absolute Gasteiger partial charge is 0.303 e. The van der Waals surface area contributed by atoms with Crippen LogP contribution in [0.2, 0.25) is 0 Å². The van der Waals surface area contributed by atoms with Crippen molar-refractivity contribution in [3.05, 3.63) is 0 Å². The number of thioether (sulfide) groups is 1. The molecule has 0 radical (unpaired) electrons. The first-order valence-corrected chi connectivity index (χ1v) is 7.08. The second-order valence-corrected chi connectivity index (χ2v) is 5.05. The second kappa shape index (κ2) is 7.12. The van der Waals surface area contributed by atoms with E-state index < -0.39 is 5.97 Å². The van der Waals surface area contributed by atoms with Crippen LogP contribution in [0.15, 0.2) is 0 Å². The lowest BCUT2D eigenvalue weighted by atomic mass is 10.2. The highest BCUT2D eigenvalue weighted by atomic mass is 32.2. The molecule has 1 N–H and O–H groups in total. The summed E-state index contributed by atoms with van der Waals surface area (Å²) in [5.41, 5.74) is 0. The first kappa shape index (κ1) is 12.8. The Labute approximate surface area is 96.2 Å². The second-order valence-electron chi connectivity index (χ2n) is 4.14. The molecule has 0 spiro atoms. The predicted octanol–water partition coefficient (Wildman–Crippen LogP) is 2.07. The molecule has 1 atom stereocenters. The fraction of sp³-hybridized carbons (Fsp3) is 0.909. The highest BCUT2D eigenvalue weighted by Gasteiger charge is 2.22. The Morgan fingerprint density at radius 2 is 2.33 bits per heavy atom. The van der Waals surface area contributed by atoms with E-state index in [1.807, 2.05) is 11.8 Å². The fourth-order valence-corrected chi connectivity index (χ4v) is 2.92. The molecule has 15 heavy (non-hydrogen) atoms. The number of likely N-dealkylation sites (tertiary alicyclic amines) is 1. The average molecular weight is 231 g/mol. The van der Waals surface area contributed by atoms with Gasteiger partial charge in [-0.15, -0.1) is 0 Å². The van der Waals surface area contributed by atoms with Gasteiger partial charge in [-0.05, 0) is 45.0 Å². The van der Waals surface area contributed by atoms with Crippen molar-refractivity contribution in [2.75, 3.05) is 25.1 Å². The van der Waals surface area contributed by atoms with Crippen LogP contribution in [-0.2, 0) is 4.79 Å². The summed E-state index contributed by atoms with van der Waals surface area (Å²) in [6.07, 6.45) is 6.95. The van der Waals surface area contributed by atoms with Crippen molar-refractivity contribution in [2.24, 2.45) is 0 Å². The molecule has 0 aliphatic carbocycles. The van der Waals surface area contributed by atoms with E-state index in [-0.39, 0.29) is 0 Å². The van der Waals surface area contributed by atoms with Gasteiger partial charge < -0.3 is 5.11 Å². The van der Waals surface area contributed by atoms with Crippen molar-refractivity contribution in [1.82, 2.24) is 4.90 Å². The van der Waals surface area contributed by atoms with E-state index in [0.717, 1.165) is 25.4 Å². The number of unbranched alkanes of at least 4 members (excludes halogenated alkanes) is 1. The number of aliphatic carboxylic acids is 1. The van der Waals surface area contributed by atoms with Crippen LogP contribution in [0, 0.1) is 0 Å². The third kappa shape index (κ3) is 4.89. The zero-order valence-electron chi connectivity index (χ0n) is 9.45. The maximum Gasteiger partial charge on any atom is 0.303 e. The van der Waals surface area contributed by atoms with Gasteiger partial charge in [0.1, 0.15) is 0 Å². The highest BCUT2D eigenvalue weighted by molar-refractivity contribution is 7.98. The minimum Gasteiger partial charge on any atom is -0.481 e. The topological polar surface area (TPSA) is 40.5 Å². The summed E-state index contributed by atoms with van der Waals surface area (Å²) < 4.78 is 0. The van der Waals surface area contributed by atoms with Crippen LogP contribution in [0.25, 0.3) is 0 Å². The van der Waals surface area contributed by atoms with Gasteiger partial charge in [-0.2, -0.15) is 11.8 Å². The Balaban J connectivity index is 2.11. The lowest BCUT2D eigenvalue weighted by Crippen LogP contribution is -2.32. The molecule has 1 heterocycles. The van der Waals surface area contributed by atoms with Crippen LogP contribution in [0.5, 0.6) is 0 Å². The number of carboxylic acids is 1. The standard InChI is InChI=1S/C11H21NO2S/c1-15-9-10-5-4-8-12(10)7-3-2-6-11(13)14/h10H,2-9H2,1H3,(H,13,14). The Bertz CT molecular complexity index is 199. The van der Waals surface area contributed by atoms with Crippen LogP contribution >= 0.6 is 11.8 Å². The van der Waals surface area contributed by atoms with Crippen LogP contribution in [0.3, 0.4) is 0 Å². The first-order valence-electron chi connectivity index (χ1n) is 5.69. The molecule has 0 aromatic heterocycles. The molecule has 0 amide bonds. The fourth-order valence-electron chi connectivity index (χ4n) is 2.16. The van der Waals surface area contributed by atoms with Crippen LogP contribution in [0.1, 0.15) is 32.1 Å². The molecule has 88 valence electrons. The van der Waals surface area contributed by atoms with Crippen LogP contribution in [-0.4, -0.2) is 47.1 Å². The summed E-state index contributed by atoms with van der Waals surface area (Å²) in [5, 5.41) is 8.52. The van der Waals surface area contributed by atoms with Gasteiger partial charge >= 0.3 is 5.97 Å². The van der Waals surface area contributed by atoms with Gasteiger partial charge in [-0.25, -0.2) is 0 Å². The molecule has 1 aliphatic heterocycles. The van der Waals surface area contributed by atoms with Gasteiger partial charge in [0.25, 0.3) is 0 Å². The number of hydrogen-bond donors (Lipinski definition) is 1. The number of rotatable bonds is 7. The molecule has 0 saturated carbocycles. The maximum atomic E-state index is 10.3. The van der Waals surface area contributed by atoms with Crippen molar-refractivity contribution in [3.63, 3.8) is 0 Å². The molecule has 0 bridgehead atoms. The lowest BCUT2D eigenvalue weighted by Gasteiger charge is -2.23. The van der Waals surface area contributed by atoms with E-state index in [0.29, 0.717) is 6.42 Å². The summed E-state index contributed by atoms with van der Waals surface area (Å²) in [5.74, 6) is 0.552. The molecule has 1 unspecified atom stereocenters. The van der Waals surface area contributed by atoms with Crippen LogP contribution < -0.4 is 0 Å². The Hall–Kier alpha value is -0.220. The number of carbonyl (C=O) groups is 1. The number of hydrogen-bond acceptors (Lipinski definition) is 3. The zero-order valence-corrected chi connectivity index (χ0v) is 10.3. The van der Waals surface area contributed by atoms with Crippen molar-refractivity contribution >= 4 is 17.7 Å². The van der Waals surface area contributed by atoms with E-state index in [4.69, 9.17) is 5.11 Å². The number of nitrogens with zero attached hydrogens (tertiary/aromatic N) is 1. The largest absolute Gasteiger partial charge is 0.481 e. The van der Waals surface area contributed by atoms with Gasteiger partial charge in [0, 0.05) is 18.2 Å². The molecular formula is C11H21NO2S. The van der Waals surface area contributed by atoms with Crippen molar-refractivity contribution in [2.45, 2.75) is 38.1 Å². The van der Waals surface area contributed by atoms with Gasteiger partial charge in [0.05, 0.1) is 0 Å². The quantitative estimate of drug-likeness (QED) is 0.681. The summed E-state index contributed by atoms with van der Waals surface area (Å²) in [7, 11) is 0. The van der Waals surface area contributed by atoms with Gasteiger partial charge in [0.2, 0.25) is 0 Å². The van der Waals surface area contributed by atoms with Gasteiger partial charge in [-0.1, -0.05) is 0 Å². The van der Waals surface area contributed by atoms with Crippen LogP contribution in [0.4, 0.5) is 0 Å². The third-order valence-corrected chi connectivity index (χ3v) is 3.66. The van der Waals surface area contributed by atoms with E-state index in [1.165, 1.54) is 25.1 Å². The average Bonchev–Trinajstić information content (AvgIpc) is 2.61. The van der Waals surface area contributed by atoms with E-state index in [9.17, 15) is 4.79 Å². The van der Waals surface area contributed by atoms with Gasteiger partial charge in [0.15, 0.2) is 0 Å². The minimum atomic E-state index is -0.669. The monoisotopic (exact) mass is 231 g/mol. The summed E-state index contributed by atoms with van der Waals surface area (Å²) in [6.45, 7) is 2.29. The summed E-state index contributed by atoms with van der Waals surface area (Å²) in [4.78, 5) is 12.9. The molecule has 4 heteroatoms. The maximum absolute atomic E-state index is 10.3.